The van der Waals surface area contributed by atoms with Gasteiger partial charge in [0.2, 0.25) is 11.8 Å². The Bertz CT molecular complexity index is 928. The van der Waals surface area contributed by atoms with Crippen molar-refractivity contribution in [2.24, 2.45) is 0 Å². The van der Waals surface area contributed by atoms with E-state index in [9.17, 15) is 18.4 Å². The highest BCUT2D eigenvalue weighted by atomic mass is 19.1. The molecule has 2 aromatic rings. The van der Waals surface area contributed by atoms with Crippen LogP contribution in [0.15, 0.2) is 30.6 Å². The molecule has 0 spiro atoms. The van der Waals surface area contributed by atoms with Gasteiger partial charge in [-0.05, 0) is 31.2 Å². The van der Waals surface area contributed by atoms with Crippen LogP contribution < -0.4 is 10.6 Å². The number of benzene rings is 1. The van der Waals surface area contributed by atoms with E-state index < -0.39 is 29.5 Å². The van der Waals surface area contributed by atoms with E-state index in [2.05, 4.69) is 37.4 Å². The highest BCUT2D eigenvalue weighted by Crippen LogP contribution is 2.11. The van der Waals surface area contributed by atoms with E-state index in [0.29, 0.717) is 25.2 Å². The van der Waals surface area contributed by atoms with Crippen LogP contribution in [0.5, 0.6) is 0 Å². The normalized spacial score (nSPS) is 15.8. The summed E-state index contributed by atoms with van der Waals surface area (Å²) >= 11 is 0. The predicted molar refractivity (Wildman–Crippen MR) is 120 cm³/mol. The Morgan fingerprint density at radius 1 is 1.06 bits per heavy atom. The molecular formula is C23H30F2N6O2. The molecule has 1 aromatic carbocycles. The first-order valence-corrected chi connectivity index (χ1v) is 11.1. The van der Waals surface area contributed by atoms with Crippen LogP contribution in [0.1, 0.15) is 31.0 Å². The van der Waals surface area contributed by atoms with Crippen LogP contribution in [0, 0.1) is 11.6 Å². The third-order valence-electron chi connectivity index (χ3n) is 5.45. The number of piperazine rings is 1. The summed E-state index contributed by atoms with van der Waals surface area (Å²) in [5.41, 5.74) is 1.01. The molecule has 2 amide bonds. The highest BCUT2D eigenvalue weighted by molar-refractivity contribution is 5.96. The first kappa shape index (κ1) is 24.7. The number of likely N-dealkylation sites (N-methyl/N-ethyl adjacent to an activating group) is 1. The smallest absolute Gasteiger partial charge is 0.248 e. The molecule has 178 valence electrons. The maximum Gasteiger partial charge on any atom is 0.248 e. The van der Waals surface area contributed by atoms with Gasteiger partial charge < -0.3 is 15.5 Å². The molecule has 1 aliphatic rings. The fraction of sp³-hybridized carbons (Fsp3) is 0.478. The summed E-state index contributed by atoms with van der Waals surface area (Å²) in [5, 5.41) is 5.32. The molecular weight excluding hydrogens is 430 g/mol. The molecule has 0 aliphatic carbocycles. The zero-order valence-electron chi connectivity index (χ0n) is 19.0. The lowest BCUT2D eigenvalue weighted by Crippen LogP contribution is -2.44. The fourth-order valence-corrected chi connectivity index (χ4v) is 3.65. The van der Waals surface area contributed by atoms with E-state index in [1.807, 2.05) is 6.92 Å². The minimum absolute atomic E-state index is 0.197. The summed E-state index contributed by atoms with van der Waals surface area (Å²) < 4.78 is 26.7. The molecule has 0 saturated carbocycles. The maximum atomic E-state index is 13.4. The molecule has 10 heteroatoms. The average Bonchev–Trinajstić information content (AvgIpc) is 2.75. The van der Waals surface area contributed by atoms with E-state index in [0.717, 1.165) is 50.1 Å². The largest absolute Gasteiger partial charge is 0.344 e. The van der Waals surface area contributed by atoms with Crippen molar-refractivity contribution in [1.82, 2.24) is 25.1 Å². The highest BCUT2D eigenvalue weighted by Gasteiger charge is 2.21. The topological polar surface area (TPSA) is 90.5 Å². The van der Waals surface area contributed by atoms with Crippen molar-refractivity contribution in [3.8, 4) is 0 Å². The molecule has 1 fully saturated rings. The molecule has 3 rings (SSSR count). The quantitative estimate of drug-likeness (QED) is 0.595. The third-order valence-corrected chi connectivity index (χ3v) is 5.45. The molecule has 1 aromatic heterocycles. The number of nitrogens with one attached hydrogen (secondary N) is 2. The van der Waals surface area contributed by atoms with Gasteiger partial charge in [-0.1, -0.05) is 13.3 Å². The van der Waals surface area contributed by atoms with Gasteiger partial charge in [0.25, 0.3) is 0 Å². The molecule has 8 nitrogen and oxygen atoms in total. The van der Waals surface area contributed by atoms with Crippen molar-refractivity contribution in [1.29, 1.82) is 0 Å². The Labute approximate surface area is 192 Å². The predicted octanol–water partition coefficient (Wildman–Crippen LogP) is 1.97. The summed E-state index contributed by atoms with van der Waals surface area (Å²) in [5.74, 6) is -2.13. The summed E-state index contributed by atoms with van der Waals surface area (Å²) in [6, 6.07) is 2.13. The molecule has 1 saturated heterocycles. The lowest BCUT2D eigenvalue weighted by atomic mass is 10.1. The summed E-state index contributed by atoms with van der Waals surface area (Å²) in [6.45, 7) is 6.56. The molecule has 1 aliphatic heterocycles. The maximum absolute atomic E-state index is 13.4. The summed E-state index contributed by atoms with van der Waals surface area (Å²) in [7, 11) is 2.10. The second-order valence-electron chi connectivity index (χ2n) is 8.32. The Hall–Kier alpha value is -2.98. The van der Waals surface area contributed by atoms with Crippen molar-refractivity contribution in [2.75, 3.05) is 38.5 Å². The van der Waals surface area contributed by atoms with Crippen LogP contribution in [0.25, 0.3) is 0 Å². The number of anilines is 1. The SMILES string of the molecule is CCCC(NC(=O)Cc1cc(F)cc(F)c1)C(=O)Nc1cnc(CN2CCN(C)CC2)cn1. The average molecular weight is 461 g/mol. The molecule has 2 heterocycles. The van der Waals surface area contributed by atoms with Crippen molar-refractivity contribution in [2.45, 2.75) is 38.8 Å². The minimum atomic E-state index is -0.798. The molecule has 1 unspecified atom stereocenters. The number of nitrogens with zero attached hydrogens (tertiary/aromatic N) is 4. The summed E-state index contributed by atoms with van der Waals surface area (Å²) in [6.07, 6.45) is 3.97. The lowest BCUT2D eigenvalue weighted by molar-refractivity contribution is -0.126. The van der Waals surface area contributed by atoms with E-state index in [1.54, 1.807) is 6.20 Å². The number of carbonyl (C=O) groups excluding carboxylic acids is 2. The van der Waals surface area contributed by atoms with Gasteiger partial charge in [0.1, 0.15) is 17.7 Å². The Balaban J connectivity index is 1.54. The van der Waals surface area contributed by atoms with Crippen LogP contribution in [-0.4, -0.2) is 70.9 Å². The van der Waals surface area contributed by atoms with Gasteiger partial charge in [0.15, 0.2) is 5.82 Å². The first-order valence-electron chi connectivity index (χ1n) is 11.1. The number of carbonyl (C=O) groups is 2. The Morgan fingerprint density at radius 2 is 1.76 bits per heavy atom. The molecule has 1 atom stereocenters. The second kappa shape index (κ2) is 11.8. The monoisotopic (exact) mass is 460 g/mol. The van der Waals surface area contributed by atoms with Gasteiger partial charge in [-0.15, -0.1) is 0 Å². The van der Waals surface area contributed by atoms with Crippen molar-refractivity contribution < 1.29 is 18.4 Å². The number of hydrogen-bond acceptors (Lipinski definition) is 6. The number of rotatable bonds is 9. The van der Waals surface area contributed by atoms with Crippen LogP contribution >= 0.6 is 0 Å². The van der Waals surface area contributed by atoms with Gasteiger partial charge in [0, 0.05) is 38.8 Å². The van der Waals surface area contributed by atoms with E-state index in [1.165, 1.54) is 6.20 Å². The number of hydrogen-bond donors (Lipinski definition) is 2. The van der Waals surface area contributed by atoms with Crippen LogP contribution in [0.4, 0.5) is 14.6 Å². The van der Waals surface area contributed by atoms with Crippen molar-refractivity contribution in [3.05, 3.63) is 53.5 Å². The summed E-state index contributed by atoms with van der Waals surface area (Å²) in [4.78, 5) is 38.3. The van der Waals surface area contributed by atoms with Crippen LogP contribution in [0.2, 0.25) is 0 Å². The number of amides is 2. The van der Waals surface area contributed by atoms with E-state index in [-0.39, 0.29) is 12.0 Å². The standard InChI is InChI=1S/C23H30F2N6O2/c1-3-4-20(28-22(32)11-16-9-17(24)12-18(25)10-16)23(33)29-21-14-26-19(13-27-21)15-31-7-5-30(2)6-8-31/h9-10,12-14,20H,3-8,11,15H2,1-2H3,(H,28,32)(H,27,29,33). The van der Waals surface area contributed by atoms with Crippen molar-refractivity contribution >= 4 is 17.6 Å². The van der Waals surface area contributed by atoms with Crippen molar-refractivity contribution in [3.63, 3.8) is 0 Å². The molecule has 33 heavy (non-hydrogen) atoms. The fourth-order valence-electron chi connectivity index (χ4n) is 3.65. The third kappa shape index (κ3) is 7.83. The minimum Gasteiger partial charge on any atom is -0.344 e. The van der Waals surface area contributed by atoms with Gasteiger partial charge >= 0.3 is 0 Å². The first-order chi connectivity index (χ1) is 15.8. The number of aromatic nitrogens is 2. The zero-order valence-corrected chi connectivity index (χ0v) is 19.0. The van der Waals surface area contributed by atoms with Gasteiger partial charge in [-0.3, -0.25) is 19.5 Å². The zero-order chi connectivity index (χ0) is 23.8. The van der Waals surface area contributed by atoms with Crippen LogP contribution in [0.3, 0.4) is 0 Å². The van der Waals surface area contributed by atoms with Gasteiger partial charge in [-0.25, -0.2) is 13.8 Å². The van der Waals surface area contributed by atoms with Gasteiger partial charge in [0.05, 0.1) is 24.5 Å². The number of halogens is 2. The van der Waals surface area contributed by atoms with E-state index in [4.69, 9.17) is 0 Å². The Kier molecular flexibility index (Phi) is 8.79. The molecule has 0 radical (unpaired) electrons. The Morgan fingerprint density at radius 3 is 2.36 bits per heavy atom. The van der Waals surface area contributed by atoms with E-state index >= 15 is 0 Å². The molecule has 0 bridgehead atoms. The molecule has 2 N–H and O–H groups in total. The van der Waals surface area contributed by atoms with Gasteiger partial charge in [-0.2, -0.15) is 0 Å². The van der Waals surface area contributed by atoms with Crippen LogP contribution in [-0.2, 0) is 22.6 Å². The second-order valence-corrected chi connectivity index (χ2v) is 8.32. The lowest BCUT2D eigenvalue weighted by Gasteiger charge is -2.31.